The lowest BCUT2D eigenvalue weighted by Crippen LogP contribution is -2.54. The van der Waals surface area contributed by atoms with Gasteiger partial charge in [0.25, 0.3) is 5.91 Å². The number of carbonyl (C=O) groups excluding carboxylic acids is 1. The zero-order valence-corrected chi connectivity index (χ0v) is 25.1. The number of hydrogen-bond donors (Lipinski definition) is 1. The van der Waals surface area contributed by atoms with Gasteiger partial charge in [-0.05, 0) is 70.2 Å². The topological polar surface area (TPSA) is 89.1 Å². The van der Waals surface area contributed by atoms with Crippen molar-refractivity contribution in [2.75, 3.05) is 52.3 Å². The van der Waals surface area contributed by atoms with E-state index in [1.54, 1.807) is 7.11 Å². The van der Waals surface area contributed by atoms with Crippen molar-refractivity contribution in [2.24, 2.45) is 0 Å². The second-order valence-corrected chi connectivity index (χ2v) is 11.8. The molecule has 2 aromatic rings. The monoisotopic (exact) mass is 605 g/mol. The van der Waals surface area contributed by atoms with Crippen LogP contribution in [-0.4, -0.2) is 97.0 Å². The molecule has 1 unspecified atom stereocenters. The third kappa shape index (κ3) is 7.47. The summed E-state index contributed by atoms with van der Waals surface area (Å²) in [6, 6.07) is 5.88. The number of ether oxygens (including phenoxy) is 3. The van der Waals surface area contributed by atoms with Gasteiger partial charge in [0, 0.05) is 51.0 Å². The van der Waals surface area contributed by atoms with E-state index >= 15 is 0 Å². The summed E-state index contributed by atoms with van der Waals surface area (Å²) < 4.78 is 56.3. The van der Waals surface area contributed by atoms with Gasteiger partial charge < -0.3 is 24.4 Å². The highest BCUT2D eigenvalue weighted by Crippen LogP contribution is 2.34. The highest BCUT2D eigenvalue weighted by molar-refractivity contribution is 5.94. The van der Waals surface area contributed by atoms with Crippen molar-refractivity contribution in [3.05, 3.63) is 53.0 Å². The fourth-order valence-electron chi connectivity index (χ4n) is 6.52. The molecule has 1 N–H and O–H groups in total. The minimum Gasteiger partial charge on any atom is -0.379 e. The van der Waals surface area contributed by atoms with Crippen LogP contribution in [0.25, 0.3) is 0 Å². The molecule has 43 heavy (non-hydrogen) atoms. The number of nitrogens with one attached hydrogen (secondary N) is 1. The standard InChI is InChI=1S/C31H42F3N5O4/c1-20-28(30(40)39-14-11-23(12-15-39)38(2)25-13-16-42-18-27(25)41-3)36-19-37-29(20)35-17-24-5-4-6-26(43-24)21-7-9-22(10-8-21)31(32,33)34/h7-10,19,23-27H,4-6,11-18H2,1-3H3,(H,35,36,37)/t24?,25-,26+,27+/m1/s1. The second-order valence-electron chi connectivity index (χ2n) is 11.8. The quantitative estimate of drug-likeness (QED) is 0.456. The molecule has 0 radical (unpaired) electrons. The first-order chi connectivity index (χ1) is 20.7. The van der Waals surface area contributed by atoms with E-state index in [-0.39, 0.29) is 24.2 Å². The van der Waals surface area contributed by atoms with Gasteiger partial charge in [0.2, 0.25) is 0 Å². The van der Waals surface area contributed by atoms with Crippen molar-refractivity contribution in [1.82, 2.24) is 19.8 Å². The lowest BCUT2D eigenvalue weighted by Gasteiger charge is -2.44. The maximum absolute atomic E-state index is 13.5. The summed E-state index contributed by atoms with van der Waals surface area (Å²) in [7, 11) is 3.88. The van der Waals surface area contributed by atoms with Crippen LogP contribution in [0.4, 0.5) is 19.0 Å². The average molecular weight is 606 g/mol. The molecule has 1 amide bonds. The molecular weight excluding hydrogens is 563 g/mol. The molecule has 4 atom stereocenters. The Labute approximate surface area is 251 Å². The van der Waals surface area contributed by atoms with Gasteiger partial charge in [-0.25, -0.2) is 9.97 Å². The van der Waals surface area contributed by atoms with Gasteiger partial charge in [-0.1, -0.05) is 12.1 Å². The van der Waals surface area contributed by atoms with Gasteiger partial charge in [0.1, 0.15) is 17.8 Å². The fourth-order valence-corrected chi connectivity index (χ4v) is 6.52. The number of aromatic nitrogens is 2. The SMILES string of the molecule is CO[C@H]1COCC[C@H]1N(C)C1CCN(C(=O)c2ncnc(NCC3CCC[C@@H](c4ccc(C(F)(F)F)cc4)O3)c2C)CC1. The third-order valence-electron chi connectivity index (χ3n) is 9.17. The molecule has 1 aromatic carbocycles. The van der Waals surface area contributed by atoms with E-state index in [9.17, 15) is 18.0 Å². The van der Waals surface area contributed by atoms with E-state index in [1.165, 1.54) is 18.5 Å². The van der Waals surface area contributed by atoms with Crippen LogP contribution in [-0.2, 0) is 20.4 Å². The zero-order chi connectivity index (χ0) is 30.6. The Hall–Kier alpha value is -2.80. The molecule has 0 aliphatic carbocycles. The van der Waals surface area contributed by atoms with E-state index in [0.717, 1.165) is 62.8 Å². The number of benzene rings is 1. The van der Waals surface area contributed by atoms with Crippen LogP contribution in [0, 0.1) is 6.92 Å². The van der Waals surface area contributed by atoms with Crippen LogP contribution in [0.3, 0.4) is 0 Å². The van der Waals surface area contributed by atoms with Gasteiger partial charge >= 0.3 is 6.18 Å². The van der Waals surface area contributed by atoms with E-state index in [4.69, 9.17) is 14.2 Å². The van der Waals surface area contributed by atoms with Crippen LogP contribution in [0.1, 0.15) is 71.8 Å². The van der Waals surface area contributed by atoms with Gasteiger partial charge in [-0.2, -0.15) is 13.2 Å². The molecule has 0 saturated carbocycles. The molecule has 1 aromatic heterocycles. The van der Waals surface area contributed by atoms with Gasteiger partial charge in [-0.3, -0.25) is 9.69 Å². The summed E-state index contributed by atoms with van der Waals surface area (Å²) in [6.07, 6.45) is 1.87. The number of likely N-dealkylation sites (tertiary alicyclic amines) is 1. The Morgan fingerprint density at radius 3 is 2.56 bits per heavy atom. The lowest BCUT2D eigenvalue weighted by atomic mass is 9.97. The Balaban J connectivity index is 1.14. The zero-order valence-electron chi connectivity index (χ0n) is 25.1. The summed E-state index contributed by atoms with van der Waals surface area (Å²) in [5.41, 5.74) is 1.15. The number of likely N-dealkylation sites (N-methyl/N-ethyl adjacent to an activating group) is 1. The summed E-state index contributed by atoms with van der Waals surface area (Å²) >= 11 is 0. The first-order valence-electron chi connectivity index (χ1n) is 15.2. The molecule has 0 bridgehead atoms. The number of nitrogens with zero attached hydrogens (tertiary/aromatic N) is 4. The van der Waals surface area contributed by atoms with E-state index in [1.807, 2.05) is 11.8 Å². The van der Waals surface area contributed by atoms with Crippen molar-refractivity contribution in [2.45, 2.75) is 82.0 Å². The van der Waals surface area contributed by atoms with E-state index < -0.39 is 11.7 Å². The molecular formula is C31H42F3N5O4. The number of piperidine rings is 1. The molecule has 12 heteroatoms. The molecule has 5 rings (SSSR count). The van der Waals surface area contributed by atoms with E-state index in [0.29, 0.717) is 55.4 Å². The maximum atomic E-state index is 13.5. The largest absolute Gasteiger partial charge is 0.416 e. The predicted molar refractivity (Wildman–Crippen MR) is 155 cm³/mol. The molecule has 9 nitrogen and oxygen atoms in total. The Morgan fingerprint density at radius 1 is 1.12 bits per heavy atom. The van der Waals surface area contributed by atoms with Gasteiger partial charge in [-0.15, -0.1) is 0 Å². The summed E-state index contributed by atoms with van der Waals surface area (Å²) in [4.78, 5) is 26.5. The molecule has 3 aliphatic rings. The first kappa shape index (κ1) is 31.6. The molecule has 4 heterocycles. The Kier molecular flexibility index (Phi) is 10.2. The average Bonchev–Trinajstić information content (AvgIpc) is 3.03. The van der Waals surface area contributed by atoms with Crippen molar-refractivity contribution < 1.29 is 32.2 Å². The Morgan fingerprint density at radius 2 is 1.86 bits per heavy atom. The maximum Gasteiger partial charge on any atom is 0.416 e. The van der Waals surface area contributed by atoms with Crippen LogP contribution < -0.4 is 5.32 Å². The van der Waals surface area contributed by atoms with Crippen LogP contribution in [0.2, 0.25) is 0 Å². The minimum absolute atomic E-state index is 0.0581. The number of alkyl halides is 3. The van der Waals surface area contributed by atoms with Crippen molar-refractivity contribution in [1.29, 1.82) is 0 Å². The van der Waals surface area contributed by atoms with Crippen LogP contribution in [0.5, 0.6) is 0 Å². The molecule has 3 saturated heterocycles. The molecule has 3 aliphatic heterocycles. The number of halogens is 3. The number of rotatable bonds is 8. The fraction of sp³-hybridized carbons (Fsp3) is 0.645. The number of hydrogen-bond acceptors (Lipinski definition) is 8. The smallest absolute Gasteiger partial charge is 0.379 e. The summed E-state index contributed by atoms with van der Waals surface area (Å²) in [5, 5.41) is 3.33. The van der Waals surface area contributed by atoms with Crippen LogP contribution in [0.15, 0.2) is 30.6 Å². The number of anilines is 1. The van der Waals surface area contributed by atoms with Crippen molar-refractivity contribution in [3.8, 4) is 0 Å². The highest BCUT2D eigenvalue weighted by atomic mass is 19.4. The number of methoxy groups -OCH3 is 1. The first-order valence-corrected chi connectivity index (χ1v) is 15.2. The summed E-state index contributed by atoms with van der Waals surface area (Å²) in [6.45, 7) is 4.97. The van der Waals surface area contributed by atoms with Gasteiger partial charge in [0.05, 0.1) is 30.5 Å². The minimum atomic E-state index is -4.36. The van der Waals surface area contributed by atoms with Crippen molar-refractivity contribution in [3.63, 3.8) is 0 Å². The number of amides is 1. The van der Waals surface area contributed by atoms with Crippen molar-refractivity contribution >= 4 is 11.7 Å². The van der Waals surface area contributed by atoms with E-state index in [2.05, 4.69) is 27.2 Å². The highest BCUT2D eigenvalue weighted by Gasteiger charge is 2.35. The lowest BCUT2D eigenvalue weighted by molar-refractivity contribution is -0.137. The second kappa shape index (κ2) is 13.9. The third-order valence-corrected chi connectivity index (χ3v) is 9.17. The van der Waals surface area contributed by atoms with Gasteiger partial charge in [0.15, 0.2) is 0 Å². The predicted octanol–water partition coefficient (Wildman–Crippen LogP) is 4.87. The normalized spacial score (nSPS) is 25.6. The molecule has 3 fully saturated rings. The summed E-state index contributed by atoms with van der Waals surface area (Å²) in [5.74, 6) is 0.486. The Bertz CT molecular complexity index is 1220. The number of carbonyl (C=O) groups is 1. The molecule has 236 valence electrons. The van der Waals surface area contributed by atoms with Crippen LogP contribution >= 0.6 is 0 Å². The molecule has 0 spiro atoms.